The number of nitrogens with one attached hydrogen (secondary N) is 1. The first-order valence-electron chi connectivity index (χ1n) is 13.1. The van der Waals surface area contributed by atoms with Crippen LogP contribution in [-0.4, -0.2) is 94.0 Å². The number of ether oxygens (including phenoxy) is 2. The summed E-state index contributed by atoms with van der Waals surface area (Å²) in [5.74, 6) is 0.313. The van der Waals surface area contributed by atoms with Gasteiger partial charge in [0.2, 0.25) is 0 Å². The predicted molar refractivity (Wildman–Crippen MR) is 156 cm³/mol. The fourth-order valence-electron chi connectivity index (χ4n) is 5.35. The van der Waals surface area contributed by atoms with E-state index in [1.807, 2.05) is 0 Å². The highest BCUT2D eigenvalue weighted by molar-refractivity contribution is 8.44. The Hall–Kier alpha value is -2.49. The molecule has 8 unspecified atom stereocenters. The lowest BCUT2D eigenvalue weighted by Crippen LogP contribution is -2.35. The number of aryl methyl sites for hydroxylation is 1. The fourth-order valence-corrected chi connectivity index (χ4v) is 8.30. The van der Waals surface area contributed by atoms with Crippen LogP contribution in [0.3, 0.4) is 0 Å². The number of aliphatic hydroxyl groups is 1. The number of nitrogens with two attached hydrogens (primary N) is 1. The molecule has 7 heterocycles. The molecule has 24 heteroatoms. The van der Waals surface area contributed by atoms with Crippen molar-refractivity contribution in [1.82, 2.24) is 39.0 Å². The Bertz CT molecular complexity index is 1950. The molecule has 0 amide bonds. The third-order valence-electron chi connectivity index (χ3n) is 7.38. The number of halogens is 1. The molecule has 3 fully saturated rings. The number of alkyl halides is 1. The molecule has 0 saturated carbocycles. The van der Waals surface area contributed by atoms with Crippen LogP contribution in [0.1, 0.15) is 18.3 Å². The van der Waals surface area contributed by atoms with Gasteiger partial charge in [0.05, 0.1) is 25.9 Å². The van der Waals surface area contributed by atoms with Gasteiger partial charge in [0, 0.05) is 0 Å². The number of nitrogen functional groups attached to an aromatic ring is 1. The first-order chi connectivity index (χ1) is 21.3. The molecule has 2 bridgehead atoms. The van der Waals surface area contributed by atoms with Gasteiger partial charge in [0.25, 0.3) is 5.56 Å². The van der Waals surface area contributed by atoms with E-state index in [2.05, 4.69) is 54.4 Å². The summed E-state index contributed by atoms with van der Waals surface area (Å²) >= 11 is 8.07. The molecule has 242 valence electrons. The second-order valence-corrected chi connectivity index (χ2v) is 16.0. The van der Waals surface area contributed by atoms with Crippen molar-refractivity contribution < 1.29 is 46.2 Å². The molecule has 0 aromatic carbocycles. The Balaban J connectivity index is 1.21. The molecular weight excluding hydrogens is 683 g/mol. The summed E-state index contributed by atoms with van der Waals surface area (Å²) < 4.78 is 79.3. The molecule has 4 aromatic heterocycles. The van der Waals surface area contributed by atoms with E-state index in [0.29, 0.717) is 0 Å². The average molecular weight is 708 g/mol. The van der Waals surface area contributed by atoms with Crippen LogP contribution >= 0.6 is 38.1 Å². The summed E-state index contributed by atoms with van der Waals surface area (Å²) in [6.07, 6.45) is -8.47. The number of anilines is 1. The lowest BCUT2D eigenvalue weighted by Gasteiger charge is -2.26. The number of thiol groups is 2. The Labute approximate surface area is 261 Å². The quantitative estimate of drug-likeness (QED) is 0.145. The average Bonchev–Trinajstić information content (AvgIpc) is 3.72. The monoisotopic (exact) mass is 707 g/mol. The van der Waals surface area contributed by atoms with E-state index in [1.54, 1.807) is 6.92 Å². The van der Waals surface area contributed by atoms with Gasteiger partial charge in [-0.2, -0.15) is 0 Å². The fraction of sp³-hybridized carbons (Fsp3) is 0.524. The van der Waals surface area contributed by atoms with Crippen molar-refractivity contribution in [3.8, 4) is 0 Å². The van der Waals surface area contributed by atoms with Gasteiger partial charge in [0.15, 0.2) is 41.3 Å². The van der Waals surface area contributed by atoms with Crippen molar-refractivity contribution >= 4 is 66.2 Å². The third kappa shape index (κ3) is 5.61. The zero-order valence-corrected chi connectivity index (χ0v) is 26.3. The van der Waals surface area contributed by atoms with Crippen molar-refractivity contribution in [2.75, 3.05) is 18.9 Å². The second kappa shape index (κ2) is 11.3. The molecule has 7 rings (SSSR count). The van der Waals surface area contributed by atoms with E-state index >= 15 is 4.39 Å². The highest BCUT2D eigenvalue weighted by atomic mass is 32.7. The topological polar surface area (TPSA) is 243 Å². The van der Waals surface area contributed by atoms with Gasteiger partial charge in [-0.3, -0.25) is 32.0 Å². The standard InChI is InChI=1S/C21H24FN9O10P2S2/c1-7-28-18-12(19(33)29-7)27-6-31(18)21-15-13(32)8(38-21)2-36-42(34,44)40-14-9(3-37-43(35,45)41-15)39-20(10(14)22)30-5-26-11-16(23)24-4-25-17(11)30/h4-6,8-10,13-15,20-21,32H,2-3H2,1H3,(H,34,44)(H,35,45)(H2,23,24,25)(H,28,29,33)/t8?,9?,10?,13?,14?,15?,20?,21?,42-,43-/m1/s1. The Morgan fingerprint density at radius 1 is 0.956 bits per heavy atom. The van der Waals surface area contributed by atoms with Gasteiger partial charge in [-0.05, 0) is 6.92 Å². The van der Waals surface area contributed by atoms with Crippen LogP contribution in [-0.2, 0) is 36.7 Å². The molecule has 0 spiro atoms. The third-order valence-corrected chi connectivity index (χ3v) is 10.6. The normalized spacial score (nSPS) is 37.7. The summed E-state index contributed by atoms with van der Waals surface area (Å²) in [4.78, 5) is 35.3. The Morgan fingerprint density at radius 2 is 1.58 bits per heavy atom. The molecule has 19 nitrogen and oxygen atoms in total. The van der Waals surface area contributed by atoms with Crippen LogP contribution in [0.5, 0.6) is 0 Å². The van der Waals surface area contributed by atoms with Crippen LogP contribution in [0.4, 0.5) is 10.2 Å². The molecule has 3 aliphatic rings. The van der Waals surface area contributed by atoms with E-state index < -0.39 is 81.5 Å². The van der Waals surface area contributed by atoms with Gasteiger partial charge in [-0.1, -0.05) is 24.5 Å². The zero-order chi connectivity index (χ0) is 31.8. The van der Waals surface area contributed by atoms with Crippen LogP contribution in [0.2, 0.25) is 0 Å². The number of rotatable bonds is 2. The number of aliphatic hydroxyl groups excluding tert-OH is 1. The maximum Gasteiger partial charge on any atom is 0.386 e. The number of nitrogens with zero attached hydrogens (tertiary/aromatic N) is 7. The lowest BCUT2D eigenvalue weighted by atomic mass is 10.1. The van der Waals surface area contributed by atoms with E-state index in [1.165, 1.54) is 21.8 Å². The van der Waals surface area contributed by atoms with Crippen molar-refractivity contribution in [2.24, 2.45) is 0 Å². The van der Waals surface area contributed by atoms with Crippen molar-refractivity contribution in [3.63, 3.8) is 0 Å². The number of imidazole rings is 2. The maximum atomic E-state index is 16.0. The van der Waals surface area contributed by atoms with Crippen LogP contribution in [0.25, 0.3) is 22.3 Å². The molecule has 4 N–H and O–H groups in total. The SMILES string of the molecule is Cc1nc2c(ncn2C2OC3CO[P@@](=O)(S)OC4C(CO[P@@](=O)(S)OC2C3O)OC(n2cnc3c(N)ncnc32)C4F)c(=O)[nH]1. The zero-order valence-electron chi connectivity index (χ0n) is 22.8. The molecular formula is C21H24FN9O10P2S2. The molecule has 0 aliphatic carbocycles. The van der Waals surface area contributed by atoms with Crippen molar-refractivity contribution in [3.05, 3.63) is 35.2 Å². The maximum absolute atomic E-state index is 16.0. The van der Waals surface area contributed by atoms with Gasteiger partial charge in [-0.25, -0.2) is 38.4 Å². The Kier molecular flexibility index (Phi) is 7.84. The number of aromatic nitrogens is 8. The summed E-state index contributed by atoms with van der Waals surface area (Å²) in [5.41, 5.74) is 5.69. The molecule has 4 aromatic rings. The molecule has 3 saturated heterocycles. The lowest BCUT2D eigenvalue weighted by molar-refractivity contribution is -0.0568. The molecule has 3 aliphatic heterocycles. The minimum atomic E-state index is -4.39. The summed E-state index contributed by atoms with van der Waals surface area (Å²) in [6, 6.07) is 0. The number of hydrogen-bond acceptors (Lipinski definition) is 16. The number of aromatic amines is 1. The smallest absolute Gasteiger partial charge is 0.386 e. The van der Waals surface area contributed by atoms with Gasteiger partial charge in [-0.15, -0.1) is 0 Å². The van der Waals surface area contributed by atoms with E-state index in [9.17, 15) is 19.0 Å². The molecule has 0 radical (unpaired) electrons. The predicted octanol–water partition coefficient (Wildman–Crippen LogP) is 1.24. The molecule has 10 atom stereocenters. The van der Waals surface area contributed by atoms with E-state index in [-0.39, 0.29) is 34.0 Å². The van der Waals surface area contributed by atoms with Gasteiger partial charge < -0.3 is 25.3 Å². The minimum absolute atomic E-state index is 0.0373. The summed E-state index contributed by atoms with van der Waals surface area (Å²) in [6.45, 7) is -8.48. The number of hydrogen-bond donors (Lipinski definition) is 5. The second-order valence-electron chi connectivity index (χ2n) is 10.3. The van der Waals surface area contributed by atoms with E-state index in [4.69, 9.17) is 33.3 Å². The summed E-state index contributed by atoms with van der Waals surface area (Å²) in [7, 11) is 0. The van der Waals surface area contributed by atoms with E-state index in [0.717, 1.165) is 6.33 Å². The first-order valence-corrected chi connectivity index (χ1v) is 18.5. The van der Waals surface area contributed by atoms with Crippen LogP contribution in [0.15, 0.2) is 23.8 Å². The minimum Gasteiger partial charge on any atom is -0.387 e. The van der Waals surface area contributed by atoms with Gasteiger partial charge >= 0.3 is 13.6 Å². The number of fused-ring (bicyclic) bond motifs is 5. The van der Waals surface area contributed by atoms with Crippen LogP contribution in [0, 0.1) is 6.92 Å². The highest BCUT2D eigenvalue weighted by Crippen LogP contribution is 2.60. The van der Waals surface area contributed by atoms with Gasteiger partial charge in [0.1, 0.15) is 48.2 Å². The largest absolute Gasteiger partial charge is 0.387 e. The number of H-pyrrole nitrogens is 1. The Morgan fingerprint density at radius 3 is 2.31 bits per heavy atom. The van der Waals surface area contributed by atoms with Crippen molar-refractivity contribution in [1.29, 1.82) is 0 Å². The summed E-state index contributed by atoms with van der Waals surface area (Å²) in [5, 5.41) is 11.1. The first kappa shape index (κ1) is 31.1. The van der Waals surface area contributed by atoms with Crippen LogP contribution < -0.4 is 11.3 Å². The van der Waals surface area contributed by atoms with Crippen molar-refractivity contribution in [2.45, 2.75) is 56.1 Å². The highest BCUT2D eigenvalue weighted by Gasteiger charge is 2.54. The molecule has 45 heavy (non-hydrogen) atoms.